The van der Waals surface area contributed by atoms with E-state index in [1.165, 1.54) is 0 Å². The molecule has 1 unspecified atom stereocenters. The molecule has 0 radical (unpaired) electrons. The van der Waals surface area contributed by atoms with Gasteiger partial charge in [0.1, 0.15) is 17.2 Å². The molecule has 180 valence electrons. The molecule has 31 heavy (non-hydrogen) atoms. The van der Waals surface area contributed by atoms with Crippen LogP contribution in [0.4, 0.5) is 4.79 Å². The Morgan fingerprint density at radius 3 is 2.13 bits per heavy atom. The van der Waals surface area contributed by atoms with Gasteiger partial charge in [-0.2, -0.15) is 0 Å². The standard InChI is InChI=1S/C21H41BrN2O5Si2/c1-20(2,3)30(7,8)27-13-16-15(29-31(9,10)21(4,5)6)11-17(28-16)24-12-14(22)18(25)23-19(24)26/h14-17H,11-13H2,1-10H3,(H,23,25,26)/t14?,15-,16+,17+/m0/s1. The number of urea groups is 1. The van der Waals surface area contributed by atoms with Gasteiger partial charge in [0.05, 0.1) is 12.7 Å². The average Bonchev–Trinajstić information content (AvgIpc) is 2.96. The molecule has 0 saturated carbocycles. The molecule has 3 amide bonds. The van der Waals surface area contributed by atoms with Gasteiger partial charge in [0.15, 0.2) is 16.6 Å². The van der Waals surface area contributed by atoms with E-state index in [1.54, 1.807) is 4.90 Å². The summed E-state index contributed by atoms with van der Waals surface area (Å²) in [7, 11) is -4.01. The lowest BCUT2D eigenvalue weighted by molar-refractivity contribution is -0.123. The van der Waals surface area contributed by atoms with Crippen LogP contribution >= 0.6 is 15.9 Å². The molecule has 2 saturated heterocycles. The smallest absolute Gasteiger partial charge is 0.326 e. The number of hydrogen-bond donors (Lipinski definition) is 1. The maximum absolute atomic E-state index is 12.5. The Bertz CT molecular complexity index is 690. The van der Waals surface area contributed by atoms with E-state index in [-0.39, 0.29) is 34.7 Å². The summed E-state index contributed by atoms with van der Waals surface area (Å²) in [6.07, 6.45) is -0.294. The maximum Gasteiger partial charge on any atom is 0.326 e. The van der Waals surface area contributed by atoms with Crippen molar-refractivity contribution >= 4 is 44.5 Å². The normalized spacial score (nSPS) is 28.8. The molecule has 0 aliphatic carbocycles. The number of carbonyl (C=O) groups is 2. The molecule has 0 aromatic rings. The third kappa shape index (κ3) is 6.20. The largest absolute Gasteiger partial charge is 0.414 e. The number of carbonyl (C=O) groups excluding carboxylic acids is 2. The summed E-state index contributed by atoms with van der Waals surface area (Å²) in [5, 5.41) is 2.55. The average molecular weight is 538 g/mol. The molecule has 0 aromatic heterocycles. The molecular weight excluding hydrogens is 496 g/mol. The molecule has 10 heteroatoms. The van der Waals surface area contributed by atoms with Crippen molar-refractivity contribution in [3.8, 4) is 0 Å². The molecule has 2 aliphatic rings. The molecule has 1 N–H and O–H groups in total. The number of hydrogen-bond acceptors (Lipinski definition) is 5. The fourth-order valence-electron chi connectivity index (χ4n) is 3.07. The highest BCUT2D eigenvalue weighted by atomic mass is 79.9. The summed E-state index contributed by atoms with van der Waals surface area (Å²) in [5.74, 6) is -0.314. The van der Waals surface area contributed by atoms with Crippen LogP contribution < -0.4 is 5.32 Å². The second-order valence-electron chi connectivity index (χ2n) is 11.8. The third-order valence-electron chi connectivity index (χ3n) is 7.33. The van der Waals surface area contributed by atoms with Crippen LogP contribution in [0, 0.1) is 0 Å². The highest BCUT2D eigenvalue weighted by molar-refractivity contribution is 9.10. The molecule has 2 aliphatic heterocycles. The Labute approximate surface area is 198 Å². The number of halogens is 1. The zero-order valence-electron chi connectivity index (χ0n) is 20.8. The summed E-state index contributed by atoms with van der Waals surface area (Å²) in [6.45, 7) is 22.9. The summed E-state index contributed by atoms with van der Waals surface area (Å²) in [5.41, 5.74) is 0. The van der Waals surface area contributed by atoms with Crippen molar-refractivity contribution < 1.29 is 23.2 Å². The van der Waals surface area contributed by atoms with Crippen LogP contribution in [0.1, 0.15) is 48.0 Å². The molecule has 4 atom stereocenters. The summed E-state index contributed by atoms with van der Waals surface area (Å²) < 4.78 is 19.6. The molecule has 2 fully saturated rings. The van der Waals surface area contributed by atoms with Crippen LogP contribution in [0.3, 0.4) is 0 Å². The van der Waals surface area contributed by atoms with E-state index in [1.807, 2.05) is 0 Å². The van der Waals surface area contributed by atoms with Gasteiger partial charge in [-0.25, -0.2) is 4.79 Å². The molecule has 2 rings (SSSR count). The van der Waals surface area contributed by atoms with Crippen LogP contribution in [0.15, 0.2) is 0 Å². The van der Waals surface area contributed by atoms with Gasteiger partial charge in [-0.3, -0.25) is 15.0 Å². The molecular formula is C21H41BrN2O5Si2. The Kier molecular flexibility index (Phi) is 7.98. The minimum Gasteiger partial charge on any atom is -0.414 e. The lowest BCUT2D eigenvalue weighted by Gasteiger charge is -2.40. The van der Waals surface area contributed by atoms with Crippen molar-refractivity contribution in [2.45, 2.75) is 107 Å². The molecule has 7 nitrogen and oxygen atoms in total. The van der Waals surface area contributed by atoms with Crippen LogP contribution in [-0.2, 0) is 18.4 Å². The lowest BCUT2D eigenvalue weighted by Crippen LogP contribution is -2.58. The van der Waals surface area contributed by atoms with E-state index >= 15 is 0 Å². The van der Waals surface area contributed by atoms with Gasteiger partial charge in [-0.1, -0.05) is 57.5 Å². The van der Waals surface area contributed by atoms with Gasteiger partial charge in [-0.05, 0) is 36.3 Å². The first kappa shape index (κ1) is 27.0. The predicted molar refractivity (Wildman–Crippen MR) is 131 cm³/mol. The van der Waals surface area contributed by atoms with Crippen molar-refractivity contribution in [1.29, 1.82) is 0 Å². The minimum atomic E-state index is -2.05. The number of nitrogens with zero attached hydrogens (tertiary/aromatic N) is 1. The Hall–Kier alpha value is -0.266. The second-order valence-corrected chi connectivity index (χ2v) is 22.4. The number of alkyl halides is 1. The summed E-state index contributed by atoms with van der Waals surface area (Å²) in [6, 6.07) is -0.414. The summed E-state index contributed by atoms with van der Waals surface area (Å²) >= 11 is 3.35. The third-order valence-corrected chi connectivity index (χ3v) is 17.0. The number of nitrogens with one attached hydrogen (secondary N) is 1. The van der Waals surface area contributed by atoms with E-state index in [0.717, 1.165) is 0 Å². The van der Waals surface area contributed by atoms with Gasteiger partial charge in [-0.15, -0.1) is 0 Å². The van der Waals surface area contributed by atoms with E-state index in [9.17, 15) is 9.59 Å². The lowest BCUT2D eigenvalue weighted by atomic mass is 10.2. The van der Waals surface area contributed by atoms with E-state index in [4.69, 9.17) is 13.6 Å². The number of imide groups is 1. The van der Waals surface area contributed by atoms with E-state index < -0.39 is 33.7 Å². The van der Waals surface area contributed by atoms with E-state index in [2.05, 4.69) is 89.0 Å². The van der Waals surface area contributed by atoms with Gasteiger partial charge in [0.25, 0.3) is 0 Å². The Morgan fingerprint density at radius 1 is 1.06 bits per heavy atom. The number of amides is 3. The second kappa shape index (κ2) is 9.17. The van der Waals surface area contributed by atoms with Crippen molar-refractivity contribution in [3.05, 3.63) is 0 Å². The van der Waals surface area contributed by atoms with Crippen molar-refractivity contribution in [3.63, 3.8) is 0 Å². The van der Waals surface area contributed by atoms with Crippen molar-refractivity contribution in [2.75, 3.05) is 13.2 Å². The first-order valence-corrected chi connectivity index (χ1v) is 17.8. The topological polar surface area (TPSA) is 77.1 Å². The molecule has 0 spiro atoms. The Balaban J connectivity index is 2.21. The minimum absolute atomic E-state index is 0.0613. The first-order valence-electron chi connectivity index (χ1n) is 11.1. The fraction of sp³-hybridized carbons (Fsp3) is 0.905. The molecule has 0 bridgehead atoms. The van der Waals surface area contributed by atoms with Crippen LogP contribution in [0.25, 0.3) is 0 Å². The van der Waals surface area contributed by atoms with E-state index in [0.29, 0.717) is 13.0 Å². The predicted octanol–water partition coefficient (Wildman–Crippen LogP) is 4.83. The maximum atomic E-state index is 12.5. The van der Waals surface area contributed by atoms with Crippen LogP contribution in [-0.4, -0.2) is 69.9 Å². The zero-order chi connectivity index (χ0) is 24.0. The number of rotatable bonds is 6. The fourth-order valence-corrected chi connectivity index (χ4v) is 5.87. The SMILES string of the molecule is CC(C)(C)[Si](C)(C)OC[C@H]1O[C@@H](N2CC(Br)C(=O)NC2=O)C[C@@H]1O[Si](C)(C)C(C)(C)C. The molecule has 2 heterocycles. The first-order chi connectivity index (χ1) is 13.9. The van der Waals surface area contributed by atoms with Gasteiger partial charge in [0, 0.05) is 13.0 Å². The highest BCUT2D eigenvalue weighted by Gasteiger charge is 2.49. The van der Waals surface area contributed by atoms with Crippen molar-refractivity contribution in [1.82, 2.24) is 10.2 Å². The van der Waals surface area contributed by atoms with Gasteiger partial charge >= 0.3 is 6.03 Å². The quantitative estimate of drug-likeness (QED) is 0.388. The molecule has 0 aromatic carbocycles. The van der Waals surface area contributed by atoms with Gasteiger partial charge < -0.3 is 13.6 Å². The highest BCUT2D eigenvalue weighted by Crippen LogP contribution is 2.41. The van der Waals surface area contributed by atoms with Crippen LogP contribution in [0.2, 0.25) is 36.3 Å². The van der Waals surface area contributed by atoms with Crippen LogP contribution in [0.5, 0.6) is 0 Å². The monoisotopic (exact) mass is 536 g/mol. The van der Waals surface area contributed by atoms with Crippen molar-refractivity contribution in [2.24, 2.45) is 0 Å². The van der Waals surface area contributed by atoms with Gasteiger partial charge in [0.2, 0.25) is 5.91 Å². The summed E-state index contributed by atoms with van der Waals surface area (Å²) in [4.78, 5) is 25.4. The Morgan fingerprint density at radius 2 is 1.61 bits per heavy atom. The number of ether oxygens (including phenoxy) is 1. The zero-order valence-corrected chi connectivity index (χ0v) is 24.4.